The predicted octanol–water partition coefficient (Wildman–Crippen LogP) is 1.87. The van der Waals surface area contributed by atoms with Crippen molar-refractivity contribution in [3.63, 3.8) is 0 Å². The molecule has 4 atom stereocenters. The number of nitrogens with zero attached hydrogens (tertiary/aromatic N) is 1. The summed E-state index contributed by atoms with van der Waals surface area (Å²) in [5.74, 6) is 0. The minimum Gasteiger partial charge on any atom is -0.429 e. The maximum atomic E-state index is 12.5. The van der Waals surface area contributed by atoms with Gasteiger partial charge in [-0.25, -0.2) is 14.4 Å². The minimum atomic E-state index is -1.44. The van der Waals surface area contributed by atoms with Gasteiger partial charge in [0.15, 0.2) is 18.4 Å². The van der Waals surface area contributed by atoms with E-state index in [4.69, 9.17) is 23.7 Å². The summed E-state index contributed by atoms with van der Waals surface area (Å²) in [6.07, 6.45) is -6.49. The Kier molecular flexibility index (Phi) is 8.33. The average Bonchev–Trinajstić information content (AvgIpc) is 3.23. The van der Waals surface area contributed by atoms with E-state index in [1.165, 1.54) is 0 Å². The third-order valence-electron chi connectivity index (χ3n) is 5.45. The van der Waals surface area contributed by atoms with Crippen LogP contribution in [-0.4, -0.2) is 51.9 Å². The van der Waals surface area contributed by atoms with Gasteiger partial charge < -0.3 is 28.8 Å². The molecule has 1 aromatic heterocycles. The van der Waals surface area contributed by atoms with Gasteiger partial charge in [-0.15, -0.1) is 0 Å². The molecule has 2 unspecified atom stereocenters. The molecule has 2 aromatic carbocycles. The van der Waals surface area contributed by atoms with Crippen molar-refractivity contribution in [3.8, 4) is 0 Å². The second kappa shape index (κ2) is 12.0. The molecule has 3 aromatic rings. The van der Waals surface area contributed by atoms with Crippen molar-refractivity contribution in [2.24, 2.45) is 0 Å². The minimum absolute atomic E-state index is 0.0928. The van der Waals surface area contributed by atoms with E-state index in [9.17, 15) is 24.3 Å². The standard InChI is InChI=1S/C25H24N2O10/c28-13-18-20(36-24(31)33-14-16-7-3-1-4-8-16)21(22(35-18)27-12-11-19(29)26-23(27)30)37-25(32)34-15-17-9-5-2-6-10-17/h1-12,18,20-22,28H,13-15H2,(H,26,29,30)/t18-,20?,21?,22-/m1/s1. The Morgan fingerprint density at radius 3 is 1.89 bits per heavy atom. The van der Waals surface area contributed by atoms with Crippen LogP contribution in [-0.2, 0) is 36.9 Å². The molecule has 12 heteroatoms. The lowest BCUT2D eigenvalue weighted by Crippen LogP contribution is -2.42. The van der Waals surface area contributed by atoms with Crippen molar-refractivity contribution in [1.29, 1.82) is 0 Å². The zero-order chi connectivity index (χ0) is 26.2. The van der Waals surface area contributed by atoms with Crippen LogP contribution in [0.1, 0.15) is 17.4 Å². The molecule has 1 aliphatic heterocycles. The number of aromatic amines is 1. The normalized spacial score (nSPS) is 20.7. The molecule has 12 nitrogen and oxygen atoms in total. The number of ether oxygens (including phenoxy) is 5. The van der Waals surface area contributed by atoms with Crippen molar-refractivity contribution < 1.29 is 38.4 Å². The van der Waals surface area contributed by atoms with E-state index < -0.39 is 54.7 Å². The molecule has 2 heterocycles. The highest BCUT2D eigenvalue weighted by Gasteiger charge is 2.51. The van der Waals surface area contributed by atoms with Gasteiger partial charge in [-0.1, -0.05) is 60.7 Å². The Balaban J connectivity index is 1.52. The van der Waals surface area contributed by atoms with Crippen LogP contribution < -0.4 is 11.2 Å². The summed E-state index contributed by atoms with van der Waals surface area (Å²) < 4.78 is 27.7. The van der Waals surface area contributed by atoms with Crippen LogP contribution in [0, 0.1) is 0 Å². The smallest absolute Gasteiger partial charge is 0.429 e. The molecule has 0 spiro atoms. The molecular formula is C25H24N2O10. The maximum absolute atomic E-state index is 12.5. The Hall–Kier alpha value is -4.42. The van der Waals surface area contributed by atoms with Gasteiger partial charge >= 0.3 is 18.0 Å². The number of H-pyrrole nitrogens is 1. The van der Waals surface area contributed by atoms with Crippen LogP contribution in [0.3, 0.4) is 0 Å². The number of carbonyl (C=O) groups excluding carboxylic acids is 2. The Morgan fingerprint density at radius 1 is 0.838 bits per heavy atom. The van der Waals surface area contributed by atoms with Crippen molar-refractivity contribution >= 4 is 12.3 Å². The van der Waals surface area contributed by atoms with Gasteiger partial charge in [-0.3, -0.25) is 14.3 Å². The number of aliphatic hydroxyl groups is 1. The number of nitrogens with one attached hydrogen (secondary N) is 1. The fraction of sp³-hybridized carbons (Fsp3) is 0.280. The molecule has 4 rings (SSSR count). The lowest BCUT2D eigenvalue weighted by molar-refractivity contribution is -0.0685. The highest BCUT2D eigenvalue weighted by Crippen LogP contribution is 2.33. The van der Waals surface area contributed by atoms with E-state index in [1.54, 1.807) is 60.7 Å². The van der Waals surface area contributed by atoms with E-state index in [2.05, 4.69) is 4.98 Å². The predicted molar refractivity (Wildman–Crippen MR) is 125 cm³/mol. The van der Waals surface area contributed by atoms with Crippen molar-refractivity contribution in [2.45, 2.75) is 37.8 Å². The molecule has 0 aliphatic carbocycles. The molecule has 0 saturated carbocycles. The number of rotatable bonds is 8. The zero-order valence-electron chi connectivity index (χ0n) is 19.4. The van der Waals surface area contributed by atoms with Gasteiger partial charge in [-0.05, 0) is 11.1 Å². The molecule has 1 saturated heterocycles. The largest absolute Gasteiger partial charge is 0.509 e. The molecule has 194 valence electrons. The Labute approximate surface area is 209 Å². The number of aromatic nitrogens is 2. The first kappa shape index (κ1) is 25.7. The van der Waals surface area contributed by atoms with Gasteiger partial charge in [0.05, 0.1) is 6.61 Å². The molecular weight excluding hydrogens is 488 g/mol. The summed E-state index contributed by atoms with van der Waals surface area (Å²) >= 11 is 0. The Morgan fingerprint density at radius 2 is 1.38 bits per heavy atom. The second-order valence-corrected chi connectivity index (χ2v) is 7.98. The molecule has 37 heavy (non-hydrogen) atoms. The van der Waals surface area contributed by atoms with E-state index in [-0.39, 0.29) is 13.2 Å². The molecule has 0 bridgehead atoms. The van der Waals surface area contributed by atoms with E-state index in [0.29, 0.717) is 11.1 Å². The Bertz CT molecular complexity index is 1310. The van der Waals surface area contributed by atoms with E-state index >= 15 is 0 Å². The first-order valence-corrected chi connectivity index (χ1v) is 11.3. The van der Waals surface area contributed by atoms with Crippen LogP contribution in [0.2, 0.25) is 0 Å². The summed E-state index contributed by atoms with van der Waals surface area (Å²) in [4.78, 5) is 51.0. The highest BCUT2D eigenvalue weighted by atomic mass is 16.8. The topological polar surface area (TPSA) is 155 Å². The van der Waals surface area contributed by atoms with Crippen LogP contribution in [0.5, 0.6) is 0 Å². The van der Waals surface area contributed by atoms with Crippen LogP contribution in [0.4, 0.5) is 9.59 Å². The van der Waals surface area contributed by atoms with Gasteiger partial charge in [0.2, 0.25) is 0 Å². The lowest BCUT2D eigenvalue weighted by atomic mass is 10.1. The third kappa shape index (κ3) is 6.63. The molecule has 0 amide bonds. The van der Waals surface area contributed by atoms with Crippen LogP contribution in [0.25, 0.3) is 0 Å². The fourth-order valence-electron chi connectivity index (χ4n) is 3.70. The van der Waals surface area contributed by atoms with Crippen LogP contribution in [0.15, 0.2) is 82.5 Å². The summed E-state index contributed by atoms with van der Waals surface area (Å²) in [7, 11) is 0. The van der Waals surface area contributed by atoms with Gasteiger partial charge in [0, 0.05) is 12.3 Å². The third-order valence-corrected chi connectivity index (χ3v) is 5.45. The number of hydrogen-bond donors (Lipinski definition) is 2. The number of carbonyl (C=O) groups is 2. The van der Waals surface area contributed by atoms with Gasteiger partial charge in [0.25, 0.3) is 5.56 Å². The summed E-state index contributed by atoms with van der Waals surface area (Å²) in [5.41, 5.74) is -0.125. The summed E-state index contributed by atoms with van der Waals surface area (Å²) in [6.45, 7) is -0.848. The summed E-state index contributed by atoms with van der Waals surface area (Å²) in [5, 5.41) is 9.87. The molecule has 1 aliphatic rings. The number of benzene rings is 2. The zero-order valence-corrected chi connectivity index (χ0v) is 19.4. The average molecular weight is 512 g/mol. The number of hydrogen-bond acceptors (Lipinski definition) is 10. The first-order chi connectivity index (χ1) is 17.9. The fourth-order valence-corrected chi connectivity index (χ4v) is 3.70. The van der Waals surface area contributed by atoms with E-state index in [1.807, 2.05) is 0 Å². The molecule has 2 N–H and O–H groups in total. The van der Waals surface area contributed by atoms with Crippen molar-refractivity contribution in [2.75, 3.05) is 6.61 Å². The quantitative estimate of drug-likeness (QED) is 0.427. The number of aliphatic hydroxyl groups excluding tert-OH is 1. The maximum Gasteiger partial charge on any atom is 0.509 e. The lowest BCUT2D eigenvalue weighted by Gasteiger charge is -2.24. The molecule has 1 fully saturated rings. The van der Waals surface area contributed by atoms with Crippen molar-refractivity contribution in [1.82, 2.24) is 9.55 Å². The van der Waals surface area contributed by atoms with Crippen LogP contribution >= 0.6 is 0 Å². The van der Waals surface area contributed by atoms with Gasteiger partial charge in [0.1, 0.15) is 19.3 Å². The summed E-state index contributed by atoms with van der Waals surface area (Å²) in [6, 6.07) is 18.7. The van der Waals surface area contributed by atoms with Crippen molar-refractivity contribution in [3.05, 3.63) is 105 Å². The SMILES string of the molecule is O=C(OCc1ccccc1)OC1C(OC(=O)OCc2ccccc2)[C@@H](CO)O[C@H]1n1ccc(=O)[nH]c1=O. The van der Waals surface area contributed by atoms with E-state index in [0.717, 1.165) is 16.8 Å². The highest BCUT2D eigenvalue weighted by molar-refractivity contribution is 5.62. The monoisotopic (exact) mass is 512 g/mol. The first-order valence-electron chi connectivity index (χ1n) is 11.3. The molecule has 0 radical (unpaired) electrons. The second-order valence-electron chi connectivity index (χ2n) is 7.98. The van der Waals surface area contributed by atoms with Gasteiger partial charge in [-0.2, -0.15) is 0 Å².